The van der Waals surface area contributed by atoms with E-state index in [1.54, 1.807) is 6.33 Å². The maximum Gasteiger partial charge on any atom is 0.315 e. The maximum atomic E-state index is 12.4. The van der Waals surface area contributed by atoms with E-state index < -0.39 is 0 Å². The SMILES string of the molecule is CCC(C)NC(=O)NCCn1cnc2cc(C(=O)NC3CCCC3)ccc21. The number of carbonyl (C=O) groups excluding carboxylic acids is 2. The largest absolute Gasteiger partial charge is 0.349 e. The van der Waals surface area contributed by atoms with Crippen molar-refractivity contribution >= 4 is 23.0 Å². The number of nitrogens with one attached hydrogen (secondary N) is 3. The van der Waals surface area contributed by atoms with Crippen molar-refractivity contribution in [3.8, 4) is 0 Å². The number of hydrogen-bond acceptors (Lipinski definition) is 3. The molecule has 7 heteroatoms. The molecule has 1 saturated carbocycles. The Bertz CT molecular complexity index is 795. The van der Waals surface area contributed by atoms with Crippen LogP contribution in [0.4, 0.5) is 4.79 Å². The number of imidazole rings is 1. The highest BCUT2D eigenvalue weighted by Crippen LogP contribution is 2.19. The Balaban J connectivity index is 1.57. The fourth-order valence-corrected chi connectivity index (χ4v) is 3.39. The summed E-state index contributed by atoms with van der Waals surface area (Å²) in [7, 11) is 0. The Labute approximate surface area is 159 Å². The number of benzene rings is 1. The lowest BCUT2D eigenvalue weighted by molar-refractivity contribution is 0.0938. The molecule has 0 radical (unpaired) electrons. The first-order chi connectivity index (χ1) is 13.1. The van der Waals surface area contributed by atoms with Gasteiger partial charge in [0.1, 0.15) is 0 Å². The van der Waals surface area contributed by atoms with Crippen LogP contribution in [0.1, 0.15) is 56.3 Å². The number of amides is 3. The van der Waals surface area contributed by atoms with E-state index in [4.69, 9.17) is 0 Å². The van der Waals surface area contributed by atoms with Crippen LogP contribution in [0.2, 0.25) is 0 Å². The van der Waals surface area contributed by atoms with Crippen molar-refractivity contribution < 1.29 is 9.59 Å². The molecule has 3 amide bonds. The Morgan fingerprint density at radius 3 is 2.81 bits per heavy atom. The minimum Gasteiger partial charge on any atom is -0.349 e. The summed E-state index contributed by atoms with van der Waals surface area (Å²) in [5, 5.41) is 8.84. The van der Waals surface area contributed by atoms with Gasteiger partial charge in [-0.3, -0.25) is 4.79 Å². The molecule has 1 aromatic carbocycles. The van der Waals surface area contributed by atoms with Gasteiger partial charge in [0.05, 0.1) is 17.4 Å². The van der Waals surface area contributed by atoms with Crippen LogP contribution in [-0.4, -0.2) is 40.1 Å². The van der Waals surface area contributed by atoms with Crippen LogP contribution in [0.25, 0.3) is 11.0 Å². The van der Waals surface area contributed by atoms with Crippen LogP contribution < -0.4 is 16.0 Å². The third-order valence-corrected chi connectivity index (χ3v) is 5.20. The second kappa shape index (κ2) is 8.88. The zero-order chi connectivity index (χ0) is 19.2. The van der Waals surface area contributed by atoms with Gasteiger partial charge in [0.2, 0.25) is 0 Å². The Hall–Kier alpha value is -2.57. The monoisotopic (exact) mass is 371 g/mol. The van der Waals surface area contributed by atoms with Gasteiger partial charge < -0.3 is 20.5 Å². The van der Waals surface area contributed by atoms with E-state index in [1.807, 2.05) is 36.6 Å². The van der Waals surface area contributed by atoms with Crippen LogP contribution in [0.5, 0.6) is 0 Å². The topological polar surface area (TPSA) is 88.1 Å². The molecule has 1 aromatic heterocycles. The van der Waals surface area contributed by atoms with Crippen molar-refractivity contribution in [1.29, 1.82) is 0 Å². The Morgan fingerprint density at radius 1 is 1.30 bits per heavy atom. The third kappa shape index (κ3) is 4.99. The minimum absolute atomic E-state index is 0.0262. The average molecular weight is 371 g/mol. The molecule has 27 heavy (non-hydrogen) atoms. The van der Waals surface area contributed by atoms with E-state index in [2.05, 4.69) is 20.9 Å². The van der Waals surface area contributed by atoms with Crippen molar-refractivity contribution in [2.24, 2.45) is 0 Å². The van der Waals surface area contributed by atoms with Gasteiger partial charge in [-0.15, -0.1) is 0 Å². The molecule has 1 aliphatic carbocycles. The van der Waals surface area contributed by atoms with Crippen molar-refractivity contribution in [1.82, 2.24) is 25.5 Å². The first-order valence-electron chi connectivity index (χ1n) is 9.87. The summed E-state index contributed by atoms with van der Waals surface area (Å²) in [4.78, 5) is 28.6. The third-order valence-electron chi connectivity index (χ3n) is 5.20. The number of urea groups is 1. The number of aromatic nitrogens is 2. The smallest absolute Gasteiger partial charge is 0.315 e. The van der Waals surface area contributed by atoms with Gasteiger partial charge in [0, 0.05) is 30.7 Å². The molecule has 0 aliphatic heterocycles. The summed E-state index contributed by atoms with van der Waals surface area (Å²) >= 11 is 0. The van der Waals surface area contributed by atoms with E-state index >= 15 is 0 Å². The molecule has 1 unspecified atom stereocenters. The second-order valence-corrected chi connectivity index (χ2v) is 7.31. The van der Waals surface area contributed by atoms with E-state index in [0.29, 0.717) is 24.7 Å². The van der Waals surface area contributed by atoms with Crippen LogP contribution >= 0.6 is 0 Å². The van der Waals surface area contributed by atoms with Crippen molar-refractivity contribution in [3.63, 3.8) is 0 Å². The molecule has 0 spiro atoms. The molecule has 0 bridgehead atoms. The van der Waals surface area contributed by atoms with Gasteiger partial charge >= 0.3 is 6.03 Å². The van der Waals surface area contributed by atoms with Crippen molar-refractivity contribution in [2.45, 2.75) is 64.6 Å². The van der Waals surface area contributed by atoms with E-state index in [1.165, 1.54) is 12.8 Å². The van der Waals surface area contributed by atoms with Crippen LogP contribution in [0, 0.1) is 0 Å². The average Bonchev–Trinajstić information content (AvgIpc) is 3.31. The predicted molar refractivity (Wildman–Crippen MR) is 106 cm³/mol. The van der Waals surface area contributed by atoms with Gasteiger partial charge in [-0.25, -0.2) is 9.78 Å². The lowest BCUT2D eigenvalue weighted by Gasteiger charge is -2.13. The number of nitrogens with zero attached hydrogens (tertiary/aromatic N) is 2. The highest BCUT2D eigenvalue weighted by molar-refractivity contribution is 5.97. The summed E-state index contributed by atoms with van der Waals surface area (Å²) in [6.07, 6.45) is 7.17. The fraction of sp³-hybridized carbons (Fsp3) is 0.550. The summed E-state index contributed by atoms with van der Waals surface area (Å²) in [5.41, 5.74) is 2.39. The normalized spacial score (nSPS) is 15.6. The number of carbonyl (C=O) groups is 2. The molecule has 2 aromatic rings. The molecule has 3 rings (SSSR count). The van der Waals surface area contributed by atoms with Crippen molar-refractivity contribution in [2.75, 3.05) is 6.54 Å². The minimum atomic E-state index is -0.153. The predicted octanol–water partition coefficient (Wildman–Crippen LogP) is 2.81. The van der Waals surface area contributed by atoms with E-state index in [-0.39, 0.29) is 18.0 Å². The second-order valence-electron chi connectivity index (χ2n) is 7.31. The highest BCUT2D eigenvalue weighted by atomic mass is 16.2. The number of fused-ring (bicyclic) bond motifs is 1. The molecule has 1 fully saturated rings. The first kappa shape index (κ1) is 19.2. The molecule has 0 saturated heterocycles. The first-order valence-corrected chi connectivity index (χ1v) is 9.87. The van der Waals surface area contributed by atoms with Crippen LogP contribution in [-0.2, 0) is 6.54 Å². The highest BCUT2D eigenvalue weighted by Gasteiger charge is 2.18. The van der Waals surface area contributed by atoms with Crippen LogP contribution in [0.15, 0.2) is 24.5 Å². The summed E-state index contributed by atoms with van der Waals surface area (Å²) in [6, 6.07) is 5.91. The fourth-order valence-electron chi connectivity index (χ4n) is 3.39. The molecule has 146 valence electrons. The number of rotatable bonds is 7. The molecular formula is C20H29N5O2. The quantitative estimate of drug-likeness (QED) is 0.699. The number of hydrogen-bond donors (Lipinski definition) is 3. The van der Waals surface area contributed by atoms with Gasteiger partial charge in [0.15, 0.2) is 0 Å². The lowest BCUT2D eigenvalue weighted by Crippen LogP contribution is -2.41. The van der Waals surface area contributed by atoms with Crippen molar-refractivity contribution in [3.05, 3.63) is 30.1 Å². The van der Waals surface area contributed by atoms with Gasteiger partial charge in [-0.1, -0.05) is 19.8 Å². The van der Waals surface area contributed by atoms with Gasteiger partial charge in [-0.2, -0.15) is 0 Å². The molecule has 1 heterocycles. The Morgan fingerprint density at radius 2 is 2.07 bits per heavy atom. The standard InChI is InChI=1S/C20H29N5O2/c1-3-14(2)23-20(27)21-10-11-25-13-22-17-12-15(8-9-18(17)25)19(26)24-16-6-4-5-7-16/h8-9,12-14,16H,3-7,10-11H2,1-2H3,(H,24,26)(H2,21,23,27). The van der Waals surface area contributed by atoms with E-state index in [9.17, 15) is 9.59 Å². The molecule has 7 nitrogen and oxygen atoms in total. The summed E-state index contributed by atoms with van der Waals surface area (Å²) < 4.78 is 1.98. The zero-order valence-electron chi connectivity index (χ0n) is 16.1. The summed E-state index contributed by atoms with van der Waals surface area (Å²) in [5.74, 6) is -0.0262. The molecule has 1 aliphatic rings. The zero-order valence-corrected chi connectivity index (χ0v) is 16.1. The summed E-state index contributed by atoms with van der Waals surface area (Å²) in [6.45, 7) is 5.14. The Kier molecular flexibility index (Phi) is 6.32. The molecular weight excluding hydrogens is 342 g/mol. The van der Waals surface area contributed by atoms with Gasteiger partial charge in [-0.05, 0) is 44.4 Å². The molecule has 3 N–H and O–H groups in total. The lowest BCUT2D eigenvalue weighted by atomic mass is 10.1. The maximum absolute atomic E-state index is 12.4. The van der Waals surface area contributed by atoms with Crippen LogP contribution in [0.3, 0.4) is 0 Å². The van der Waals surface area contributed by atoms with E-state index in [0.717, 1.165) is 30.3 Å². The van der Waals surface area contributed by atoms with Gasteiger partial charge in [0.25, 0.3) is 5.91 Å². The molecule has 1 atom stereocenters.